The summed E-state index contributed by atoms with van der Waals surface area (Å²) in [7, 11) is 1.82. The average molecular weight is 311 g/mol. The van der Waals surface area contributed by atoms with Gasteiger partial charge in [0.2, 0.25) is 0 Å². The Morgan fingerprint density at radius 1 is 1.48 bits per heavy atom. The second-order valence-corrected chi connectivity index (χ2v) is 5.04. The fourth-order valence-electron chi connectivity index (χ4n) is 1.91. The highest BCUT2D eigenvalue weighted by Crippen LogP contribution is 2.18. The molecule has 0 aliphatic heterocycles. The molecule has 0 aliphatic rings. The molecule has 1 aromatic carbocycles. The van der Waals surface area contributed by atoms with Gasteiger partial charge in [-0.15, -0.1) is 0 Å². The lowest BCUT2D eigenvalue weighted by Gasteiger charge is -2.17. The lowest BCUT2D eigenvalue weighted by Crippen LogP contribution is -2.29. The second kappa shape index (κ2) is 6.69. The van der Waals surface area contributed by atoms with Gasteiger partial charge in [0, 0.05) is 31.8 Å². The maximum absolute atomic E-state index is 13.8. The van der Waals surface area contributed by atoms with Crippen LogP contribution in [0.2, 0.25) is 5.02 Å². The molecule has 1 heterocycles. The first-order chi connectivity index (χ1) is 10.0. The van der Waals surface area contributed by atoms with E-state index < -0.39 is 5.82 Å². The van der Waals surface area contributed by atoms with Crippen LogP contribution < -0.4 is 16.2 Å². The van der Waals surface area contributed by atoms with Crippen molar-refractivity contribution in [2.45, 2.75) is 6.54 Å². The summed E-state index contributed by atoms with van der Waals surface area (Å²) < 4.78 is 15.0. The number of halogens is 2. The van der Waals surface area contributed by atoms with Gasteiger partial charge in [-0.1, -0.05) is 23.7 Å². The highest BCUT2D eigenvalue weighted by atomic mass is 35.5. The monoisotopic (exact) mass is 310 g/mol. The van der Waals surface area contributed by atoms with Crippen LogP contribution in [0.4, 0.5) is 10.1 Å². The zero-order chi connectivity index (χ0) is 15.4. The van der Waals surface area contributed by atoms with Crippen LogP contribution in [-0.2, 0) is 6.54 Å². The van der Waals surface area contributed by atoms with Crippen LogP contribution in [0, 0.1) is 5.82 Å². The molecule has 2 aromatic rings. The Balaban J connectivity index is 2.26. The number of likely N-dealkylation sites (N-methyl/N-ethyl adjacent to an activating group) is 1. The molecule has 0 atom stereocenters. The van der Waals surface area contributed by atoms with Gasteiger partial charge in [0.1, 0.15) is 5.82 Å². The predicted molar refractivity (Wildman–Crippen MR) is 81.3 cm³/mol. The van der Waals surface area contributed by atoms with E-state index in [1.165, 1.54) is 16.8 Å². The lowest BCUT2D eigenvalue weighted by atomic mass is 10.2. The fourth-order valence-corrected chi connectivity index (χ4v) is 2.10. The van der Waals surface area contributed by atoms with Crippen molar-refractivity contribution in [3.8, 4) is 0 Å². The molecule has 1 aromatic heterocycles. The van der Waals surface area contributed by atoms with Crippen LogP contribution in [0.15, 0.2) is 35.3 Å². The zero-order valence-electron chi connectivity index (χ0n) is 11.6. The minimum Gasteiger partial charge on any atom is -0.372 e. The van der Waals surface area contributed by atoms with Crippen LogP contribution in [0.25, 0.3) is 0 Å². The summed E-state index contributed by atoms with van der Waals surface area (Å²) in [5.74, 6) is -0.530. The third-order valence-corrected chi connectivity index (χ3v) is 3.40. The van der Waals surface area contributed by atoms with Gasteiger partial charge in [0.05, 0.1) is 23.5 Å². The Morgan fingerprint density at radius 3 is 2.90 bits per heavy atom. The van der Waals surface area contributed by atoms with Crippen molar-refractivity contribution in [1.29, 1.82) is 0 Å². The summed E-state index contributed by atoms with van der Waals surface area (Å²) >= 11 is 5.72. The van der Waals surface area contributed by atoms with Crippen molar-refractivity contribution in [1.82, 2.24) is 9.78 Å². The third-order valence-electron chi connectivity index (χ3n) is 3.11. The number of benzene rings is 1. The molecule has 5 nitrogen and oxygen atoms in total. The van der Waals surface area contributed by atoms with Crippen molar-refractivity contribution in [3.05, 3.63) is 57.2 Å². The number of hydrogen-bond donors (Lipinski definition) is 1. The summed E-state index contributed by atoms with van der Waals surface area (Å²) in [6, 6.07) is 6.12. The Morgan fingerprint density at radius 2 is 2.24 bits per heavy atom. The van der Waals surface area contributed by atoms with E-state index in [1.807, 2.05) is 11.9 Å². The molecule has 0 radical (unpaired) electrons. The van der Waals surface area contributed by atoms with Gasteiger partial charge >= 0.3 is 0 Å². The SMILES string of the molecule is CN(CCN)c1cnn(Cc2cccc(Cl)c2F)c(=O)c1. The number of nitrogens with zero attached hydrogens (tertiary/aromatic N) is 3. The van der Waals surface area contributed by atoms with E-state index in [0.717, 1.165) is 0 Å². The van der Waals surface area contributed by atoms with Crippen LogP contribution in [0.5, 0.6) is 0 Å². The molecule has 0 saturated heterocycles. The number of aromatic nitrogens is 2. The van der Waals surface area contributed by atoms with Gasteiger partial charge in [0.25, 0.3) is 5.56 Å². The highest BCUT2D eigenvalue weighted by molar-refractivity contribution is 6.30. The zero-order valence-corrected chi connectivity index (χ0v) is 12.3. The molecule has 2 N–H and O–H groups in total. The van der Waals surface area contributed by atoms with Gasteiger partial charge in [-0.05, 0) is 6.07 Å². The number of nitrogens with two attached hydrogens (primary N) is 1. The minimum absolute atomic E-state index is 0.0276. The topological polar surface area (TPSA) is 64.2 Å². The van der Waals surface area contributed by atoms with E-state index in [9.17, 15) is 9.18 Å². The van der Waals surface area contributed by atoms with Crippen LogP contribution >= 0.6 is 11.6 Å². The van der Waals surface area contributed by atoms with E-state index in [0.29, 0.717) is 24.3 Å². The van der Waals surface area contributed by atoms with Crippen LogP contribution in [0.3, 0.4) is 0 Å². The maximum Gasteiger partial charge on any atom is 0.269 e. The average Bonchev–Trinajstić information content (AvgIpc) is 2.46. The summed E-state index contributed by atoms with van der Waals surface area (Å²) in [6.07, 6.45) is 1.56. The van der Waals surface area contributed by atoms with Crippen LogP contribution in [-0.4, -0.2) is 29.9 Å². The standard InChI is InChI=1S/C14H16ClFN4O/c1-19(6-5-17)11-7-13(21)20(18-8-11)9-10-3-2-4-12(15)14(10)16/h2-4,7-8H,5-6,9,17H2,1H3. The highest BCUT2D eigenvalue weighted by Gasteiger charge is 2.09. The largest absolute Gasteiger partial charge is 0.372 e. The van der Waals surface area contributed by atoms with Gasteiger partial charge in [-0.2, -0.15) is 5.10 Å². The number of anilines is 1. The minimum atomic E-state index is -0.530. The maximum atomic E-state index is 13.8. The normalized spacial score (nSPS) is 10.7. The lowest BCUT2D eigenvalue weighted by molar-refractivity contribution is 0.572. The Labute approximate surface area is 126 Å². The molecular formula is C14H16ClFN4O. The van der Waals surface area contributed by atoms with E-state index in [1.54, 1.807) is 18.3 Å². The van der Waals surface area contributed by atoms with E-state index in [2.05, 4.69) is 5.10 Å². The Hall–Kier alpha value is -1.92. The van der Waals surface area contributed by atoms with Crippen LogP contribution in [0.1, 0.15) is 5.56 Å². The van der Waals surface area contributed by atoms with Gasteiger partial charge in [0.15, 0.2) is 0 Å². The molecule has 0 saturated carbocycles. The first-order valence-electron chi connectivity index (χ1n) is 6.44. The molecular weight excluding hydrogens is 295 g/mol. The molecule has 112 valence electrons. The van der Waals surface area contributed by atoms with Crippen molar-refractivity contribution in [2.75, 3.05) is 25.0 Å². The van der Waals surface area contributed by atoms with Crippen molar-refractivity contribution < 1.29 is 4.39 Å². The summed E-state index contributed by atoms with van der Waals surface area (Å²) in [6.45, 7) is 1.13. The smallest absolute Gasteiger partial charge is 0.269 e. The van der Waals surface area contributed by atoms with E-state index in [4.69, 9.17) is 17.3 Å². The molecule has 0 unspecified atom stereocenters. The molecule has 21 heavy (non-hydrogen) atoms. The Kier molecular flexibility index (Phi) is 4.93. The molecule has 7 heteroatoms. The fraction of sp³-hybridized carbons (Fsp3) is 0.286. The molecule has 0 fully saturated rings. The van der Waals surface area contributed by atoms with E-state index in [-0.39, 0.29) is 17.1 Å². The summed E-state index contributed by atoms with van der Waals surface area (Å²) in [4.78, 5) is 13.9. The Bertz CT molecular complexity index is 689. The summed E-state index contributed by atoms with van der Waals surface area (Å²) in [5.41, 5.74) is 6.15. The van der Waals surface area contributed by atoms with Crippen molar-refractivity contribution in [2.24, 2.45) is 5.73 Å². The predicted octanol–water partition coefficient (Wildman–Crippen LogP) is 1.48. The quantitative estimate of drug-likeness (QED) is 0.908. The van der Waals surface area contributed by atoms with E-state index >= 15 is 0 Å². The van der Waals surface area contributed by atoms with Gasteiger partial charge < -0.3 is 10.6 Å². The molecule has 0 aliphatic carbocycles. The van der Waals surface area contributed by atoms with Crippen molar-refractivity contribution >= 4 is 17.3 Å². The van der Waals surface area contributed by atoms with Gasteiger partial charge in [-0.3, -0.25) is 4.79 Å². The summed E-state index contributed by atoms with van der Waals surface area (Å²) in [5, 5.41) is 4.09. The molecule has 0 amide bonds. The van der Waals surface area contributed by atoms with Crippen molar-refractivity contribution in [3.63, 3.8) is 0 Å². The van der Waals surface area contributed by atoms with Gasteiger partial charge in [-0.25, -0.2) is 9.07 Å². The first kappa shape index (κ1) is 15.5. The molecule has 0 spiro atoms. The molecule has 0 bridgehead atoms. The first-order valence-corrected chi connectivity index (χ1v) is 6.82. The second-order valence-electron chi connectivity index (χ2n) is 4.63. The number of rotatable bonds is 5. The molecule has 2 rings (SSSR count). The third kappa shape index (κ3) is 3.59. The number of hydrogen-bond acceptors (Lipinski definition) is 4.